The predicted molar refractivity (Wildman–Crippen MR) is 146 cm³/mol. The van der Waals surface area contributed by atoms with E-state index in [-0.39, 0.29) is 0 Å². The van der Waals surface area contributed by atoms with Gasteiger partial charge in [0, 0.05) is 23.0 Å². The summed E-state index contributed by atoms with van der Waals surface area (Å²) in [4.78, 5) is 21.2. The average Bonchev–Trinajstić information content (AvgIpc) is 3.38. The summed E-state index contributed by atoms with van der Waals surface area (Å²) in [6.45, 7) is 4.01. The summed E-state index contributed by atoms with van der Waals surface area (Å²) in [6.07, 6.45) is 9.36. The van der Waals surface area contributed by atoms with Crippen molar-refractivity contribution in [3.63, 3.8) is 0 Å². The van der Waals surface area contributed by atoms with Gasteiger partial charge in [-0.05, 0) is 63.4 Å². The van der Waals surface area contributed by atoms with E-state index in [0.29, 0.717) is 29.2 Å². The third kappa shape index (κ3) is 4.73. The van der Waals surface area contributed by atoms with Gasteiger partial charge in [0.15, 0.2) is 11.5 Å². The molecule has 7 nitrogen and oxygen atoms in total. The van der Waals surface area contributed by atoms with Crippen molar-refractivity contribution >= 4 is 17.2 Å². The van der Waals surface area contributed by atoms with Crippen LogP contribution in [0.25, 0.3) is 11.4 Å². The number of rotatable bonds is 5. The first kappa shape index (κ1) is 23.4. The summed E-state index contributed by atoms with van der Waals surface area (Å²) in [6, 6.07) is 19.1. The minimum atomic E-state index is -0.611. The van der Waals surface area contributed by atoms with Crippen LogP contribution in [0.15, 0.2) is 72.1 Å². The lowest BCUT2D eigenvalue weighted by Gasteiger charge is -2.32. The van der Waals surface area contributed by atoms with Crippen LogP contribution in [-0.2, 0) is 6.42 Å². The third-order valence-electron chi connectivity index (χ3n) is 7.65. The first-order valence-corrected chi connectivity index (χ1v) is 13.0. The van der Waals surface area contributed by atoms with Crippen molar-refractivity contribution in [2.24, 2.45) is 10.9 Å². The summed E-state index contributed by atoms with van der Waals surface area (Å²) in [7, 11) is 0. The van der Waals surface area contributed by atoms with E-state index in [1.807, 2.05) is 38.2 Å². The topological polar surface area (TPSA) is 102 Å². The Bertz CT molecular complexity index is 1420. The predicted octanol–water partition coefficient (Wildman–Crippen LogP) is 6.26. The zero-order chi connectivity index (χ0) is 25.4. The van der Waals surface area contributed by atoms with Crippen LogP contribution >= 0.6 is 0 Å². The zero-order valence-electron chi connectivity index (χ0n) is 21.3. The van der Waals surface area contributed by atoms with Gasteiger partial charge in [0.2, 0.25) is 5.88 Å². The van der Waals surface area contributed by atoms with Crippen molar-refractivity contribution in [3.05, 3.63) is 83.9 Å². The Morgan fingerprint density at radius 2 is 1.68 bits per heavy atom. The molecule has 3 heterocycles. The summed E-state index contributed by atoms with van der Waals surface area (Å²) in [5.41, 5.74) is 11.6. The molecule has 6 rings (SSSR count). The Hall–Kier alpha value is -4.00. The second-order valence-electron chi connectivity index (χ2n) is 10.7. The molecule has 1 fully saturated rings. The summed E-state index contributed by atoms with van der Waals surface area (Å²) in [5, 5.41) is 0. The number of nitrogens with two attached hydrogens (primary N) is 1. The van der Waals surface area contributed by atoms with E-state index in [2.05, 4.69) is 56.3 Å². The third-order valence-corrected chi connectivity index (χ3v) is 7.65. The zero-order valence-corrected chi connectivity index (χ0v) is 21.3. The highest BCUT2D eigenvalue weighted by Crippen LogP contribution is 2.40. The van der Waals surface area contributed by atoms with Gasteiger partial charge < -0.3 is 15.5 Å². The monoisotopic (exact) mass is 492 g/mol. The number of ether oxygens (including phenoxy) is 1. The Balaban J connectivity index is 1.10. The highest BCUT2D eigenvalue weighted by atomic mass is 16.5. The molecule has 2 aromatic carbocycles. The maximum absolute atomic E-state index is 6.13. The van der Waals surface area contributed by atoms with Crippen molar-refractivity contribution < 1.29 is 4.74 Å². The smallest absolute Gasteiger partial charge is 0.246 e. The maximum atomic E-state index is 6.13. The number of imidazole rings is 1. The highest BCUT2D eigenvalue weighted by Gasteiger charge is 2.35. The van der Waals surface area contributed by atoms with Crippen LogP contribution in [0.2, 0.25) is 0 Å². The molecular weight excluding hydrogens is 460 g/mol. The number of benzene rings is 2. The largest absolute Gasteiger partial charge is 0.463 e. The molecule has 0 radical (unpaired) electrons. The number of nitrogen functional groups attached to an aromatic ring is 1. The number of fused-ring (bicyclic) bond motifs is 1. The Labute approximate surface area is 217 Å². The van der Waals surface area contributed by atoms with E-state index >= 15 is 0 Å². The van der Waals surface area contributed by atoms with Crippen LogP contribution < -0.4 is 10.5 Å². The Morgan fingerprint density at radius 3 is 2.43 bits per heavy atom. The van der Waals surface area contributed by atoms with Crippen LogP contribution in [0.4, 0.5) is 11.5 Å². The molecule has 0 saturated heterocycles. The van der Waals surface area contributed by atoms with Gasteiger partial charge in [-0.25, -0.2) is 15.0 Å². The lowest BCUT2D eigenvalue weighted by molar-refractivity contribution is 0.171. The van der Waals surface area contributed by atoms with E-state index < -0.39 is 5.60 Å². The Kier molecular flexibility index (Phi) is 5.99. The SMILES string of the molecule is CC1(C)Oc2ncnc(N)c2N=C1c1ccc(C2CCC(Cc3cnc(-c4ccccc4)[nH]3)CC2)cc1. The standard InChI is InChI=1S/C30H32N6O/c1-30(2)26(36-25-27(31)33-18-34-29(25)37-30)22-14-12-21(13-15-22)20-10-8-19(9-11-20)16-24-17-32-28(35-24)23-6-4-3-5-7-23/h3-7,12-15,17-20H,8-11,16H2,1-2H3,(H,32,35)(H2,31,33,34). The number of nitrogens with one attached hydrogen (secondary N) is 1. The fraction of sp³-hybridized carbons (Fsp3) is 0.333. The fourth-order valence-corrected chi connectivity index (χ4v) is 5.63. The quantitative estimate of drug-likeness (QED) is 0.342. The van der Waals surface area contributed by atoms with Gasteiger partial charge >= 0.3 is 0 Å². The Morgan fingerprint density at radius 1 is 0.919 bits per heavy atom. The number of hydrogen-bond donors (Lipinski definition) is 2. The van der Waals surface area contributed by atoms with Crippen LogP contribution in [0, 0.1) is 5.92 Å². The molecular formula is C30H32N6O. The number of aromatic nitrogens is 4. The molecule has 4 aromatic rings. The van der Waals surface area contributed by atoms with Crippen LogP contribution in [0.1, 0.15) is 62.3 Å². The molecule has 0 amide bonds. The molecule has 1 saturated carbocycles. The van der Waals surface area contributed by atoms with Crippen molar-refractivity contribution in [1.29, 1.82) is 0 Å². The highest BCUT2D eigenvalue weighted by molar-refractivity contribution is 6.09. The first-order chi connectivity index (χ1) is 18.0. The molecule has 0 bridgehead atoms. The van der Waals surface area contributed by atoms with Crippen molar-refractivity contribution in [1.82, 2.24) is 19.9 Å². The molecule has 188 valence electrons. The summed E-state index contributed by atoms with van der Waals surface area (Å²) < 4.78 is 6.13. The lowest BCUT2D eigenvalue weighted by Crippen LogP contribution is -2.41. The van der Waals surface area contributed by atoms with Gasteiger partial charge in [-0.2, -0.15) is 4.98 Å². The minimum Gasteiger partial charge on any atom is -0.463 e. The van der Waals surface area contributed by atoms with Crippen LogP contribution in [0.3, 0.4) is 0 Å². The van der Waals surface area contributed by atoms with Crippen molar-refractivity contribution in [3.8, 4) is 17.3 Å². The molecule has 1 aliphatic carbocycles. The van der Waals surface area contributed by atoms with Crippen molar-refractivity contribution in [2.45, 2.75) is 57.5 Å². The van der Waals surface area contributed by atoms with Gasteiger partial charge in [-0.15, -0.1) is 0 Å². The van der Waals surface area contributed by atoms with Gasteiger partial charge in [-0.3, -0.25) is 0 Å². The van der Waals surface area contributed by atoms with Crippen molar-refractivity contribution in [2.75, 3.05) is 5.73 Å². The van der Waals surface area contributed by atoms with E-state index in [1.165, 1.54) is 43.3 Å². The lowest BCUT2D eigenvalue weighted by atomic mass is 9.77. The van der Waals surface area contributed by atoms with E-state index in [0.717, 1.165) is 29.1 Å². The number of anilines is 1. The maximum Gasteiger partial charge on any atom is 0.246 e. The number of nitrogens with zero attached hydrogens (tertiary/aromatic N) is 4. The molecule has 7 heteroatoms. The van der Waals surface area contributed by atoms with E-state index in [4.69, 9.17) is 15.5 Å². The van der Waals surface area contributed by atoms with Gasteiger partial charge in [-0.1, -0.05) is 54.6 Å². The normalized spacial score (nSPS) is 20.5. The van der Waals surface area contributed by atoms with E-state index in [1.54, 1.807) is 0 Å². The second kappa shape index (κ2) is 9.47. The molecule has 1 aliphatic heterocycles. The van der Waals surface area contributed by atoms with Gasteiger partial charge in [0.1, 0.15) is 17.8 Å². The van der Waals surface area contributed by atoms with Crippen LogP contribution in [-0.4, -0.2) is 31.2 Å². The molecule has 0 atom stereocenters. The number of hydrogen-bond acceptors (Lipinski definition) is 6. The molecule has 3 N–H and O–H groups in total. The minimum absolute atomic E-state index is 0.331. The van der Waals surface area contributed by atoms with E-state index in [9.17, 15) is 0 Å². The summed E-state index contributed by atoms with van der Waals surface area (Å²) >= 11 is 0. The first-order valence-electron chi connectivity index (χ1n) is 13.0. The molecule has 0 spiro atoms. The molecule has 0 unspecified atom stereocenters. The van der Waals surface area contributed by atoms with Gasteiger partial charge in [0.05, 0.1) is 5.71 Å². The fourth-order valence-electron chi connectivity index (χ4n) is 5.63. The molecule has 37 heavy (non-hydrogen) atoms. The van der Waals surface area contributed by atoms with Gasteiger partial charge in [0.25, 0.3) is 0 Å². The number of aliphatic imine (C=N–C) groups is 1. The summed E-state index contributed by atoms with van der Waals surface area (Å²) in [5.74, 6) is 3.01. The number of H-pyrrole nitrogens is 1. The second-order valence-corrected chi connectivity index (χ2v) is 10.7. The molecule has 2 aromatic heterocycles. The molecule has 2 aliphatic rings. The average molecular weight is 493 g/mol. The van der Waals surface area contributed by atoms with Crippen LogP contribution in [0.5, 0.6) is 5.88 Å². The number of aromatic amines is 1.